The molecule has 2 rings (SSSR count). The summed E-state index contributed by atoms with van der Waals surface area (Å²) in [5.74, 6) is 1.25. The quantitative estimate of drug-likeness (QED) is 0.847. The van der Waals surface area contributed by atoms with Crippen LogP contribution in [0.5, 0.6) is 0 Å². The van der Waals surface area contributed by atoms with Crippen LogP contribution in [0.2, 0.25) is 0 Å². The van der Waals surface area contributed by atoms with Crippen LogP contribution in [0.4, 0.5) is 5.69 Å². The summed E-state index contributed by atoms with van der Waals surface area (Å²) in [6.07, 6.45) is 3.72. The van der Waals surface area contributed by atoms with E-state index in [0.717, 1.165) is 17.5 Å². The van der Waals surface area contributed by atoms with Crippen molar-refractivity contribution in [3.8, 4) is 0 Å². The topological polar surface area (TPSA) is 38.3 Å². The highest BCUT2D eigenvalue weighted by Crippen LogP contribution is 2.31. The first-order valence-corrected chi connectivity index (χ1v) is 7.45. The van der Waals surface area contributed by atoms with Gasteiger partial charge >= 0.3 is 5.97 Å². The minimum absolute atomic E-state index is 0.279. The standard InChI is InChI=1S/C17H25NO2/c1-11-7-12(2)9-15(8-11)18-16-10-14(17(19)20-4)6-5-13(16)3/h5-6,10-12,15,18H,7-9H2,1-4H3. The molecule has 0 aromatic heterocycles. The first kappa shape index (κ1) is 14.9. The fourth-order valence-corrected chi connectivity index (χ4v) is 3.31. The van der Waals surface area contributed by atoms with Crippen LogP contribution < -0.4 is 5.32 Å². The summed E-state index contributed by atoms with van der Waals surface area (Å²) in [5.41, 5.74) is 2.83. The summed E-state index contributed by atoms with van der Waals surface area (Å²) in [6.45, 7) is 6.71. The summed E-state index contributed by atoms with van der Waals surface area (Å²) < 4.78 is 4.79. The molecule has 3 heteroatoms. The van der Waals surface area contributed by atoms with Gasteiger partial charge in [0.25, 0.3) is 0 Å². The lowest BCUT2D eigenvalue weighted by Gasteiger charge is -2.33. The average Bonchev–Trinajstić information content (AvgIpc) is 2.39. The second-order valence-electron chi connectivity index (χ2n) is 6.28. The molecule has 0 heterocycles. The Kier molecular flexibility index (Phi) is 4.69. The van der Waals surface area contributed by atoms with E-state index in [1.54, 1.807) is 0 Å². The normalized spacial score (nSPS) is 26.1. The number of anilines is 1. The Bertz CT molecular complexity index is 474. The third-order valence-electron chi connectivity index (χ3n) is 4.20. The van der Waals surface area contributed by atoms with Crippen molar-refractivity contribution >= 4 is 11.7 Å². The lowest BCUT2D eigenvalue weighted by Crippen LogP contribution is -2.30. The molecule has 0 saturated heterocycles. The van der Waals surface area contributed by atoms with Crippen LogP contribution in [0, 0.1) is 18.8 Å². The van der Waals surface area contributed by atoms with Gasteiger partial charge in [-0.05, 0) is 55.7 Å². The first-order valence-electron chi connectivity index (χ1n) is 7.45. The molecule has 1 aromatic carbocycles. The Morgan fingerprint density at radius 1 is 1.20 bits per heavy atom. The first-order chi connectivity index (χ1) is 9.49. The molecule has 0 bridgehead atoms. The van der Waals surface area contributed by atoms with Gasteiger partial charge in [-0.25, -0.2) is 4.79 Å². The predicted octanol–water partition coefficient (Wildman–Crippen LogP) is 4.02. The fourth-order valence-electron chi connectivity index (χ4n) is 3.31. The van der Waals surface area contributed by atoms with Crippen LogP contribution in [-0.4, -0.2) is 19.1 Å². The van der Waals surface area contributed by atoms with Gasteiger partial charge < -0.3 is 10.1 Å². The highest BCUT2D eigenvalue weighted by molar-refractivity contribution is 5.90. The van der Waals surface area contributed by atoms with E-state index in [0.29, 0.717) is 11.6 Å². The molecule has 1 aliphatic carbocycles. The maximum absolute atomic E-state index is 11.6. The summed E-state index contributed by atoms with van der Waals surface area (Å²) in [4.78, 5) is 11.6. The van der Waals surface area contributed by atoms with Gasteiger partial charge in [0.15, 0.2) is 0 Å². The van der Waals surface area contributed by atoms with Crippen molar-refractivity contribution in [3.63, 3.8) is 0 Å². The van der Waals surface area contributed by atoms with E-state index >= 15 is 0 Å². The molecule has 0 amide bonds. The van der Waals surface area contributed by atoms with Crippen molar-refractivity contribution in [1.82, 2.24) is 0 Å². The van der Waals surface area contributed by atoms with Crippen molar-refractivity contribution in [2.24, 2.45) is 11.8 Å². The monoisotopic (exact) mass is 275 g/mol. The third kappa shape index (κ3) is 3.53. The zero-order chi connectivity index (χ0) is 14.7. The molecule has 1 aromatic rings. The smallest absolute Gasteiger partial charge is 0.337 e. The summed E-state index contributed by atoms with van der Waals surface area (Å²) in [6, 6.07) is 6.20. The largest absolute Gasteiger partial charge is 0.465 e. The summed E-state index contributed by atoms with van der Waals surface area (Å²) in [5, 5.41) is 3.62. The molecule has 1 fully saturated rings. The number of hydrogen-bond acceptors (Lipinski definition) is 3. The third-order valence-corrected chi connectivity index (χ3v) is 4.20. The number of aryl methyl sites for hydroxylation is 1. The van der Waals surface area contributed by atoms with E-state index in [4.69, 9.17) is 4.74 Å². The van der Waals surface area contributed by atoms with Gasteiger partial charge in [0, 0.05) is 11.7 Å². The molecule has 0 spiro atoms. The van der Waals surface area contributed by atoms with E-state index in [9.17, 15) is 4.79 Å². The number of carbonyl (C=O) groups is 1. The molecule has 1 N–H and O–H groups in total. The minimum Gasteiger partial charge on any atom is -0.465 e. The fraction of sp³-hybridized carbons (Fsp3) is 0.588. The Hall–Kier alpha value is -1.51. The molecule has 0 radical (unpaired) electrons. The zero-order valence-corrected chi connectivity index (χ0v) is 12.9. The van der Waals surface area contributed by atoms with Gasteiger partial charge in [-0.3, -0.25) is 0 Å². The maximum atomic E-state index is 11.6. The van der Waals surface area contributed by atoms with Gasteiger partial charge in [-0.2, -0.15) is 0 Å². The molecule has 20 heavy (non-hydrogen) atoms. The molecule has 1 aliphatic rings. The van der Waals surface area contributed by atoms with Crippen molar-refractivity contribution in [2.75, 3.05) is 12.4 Å². The number of hydrogen-bond donors (Lipinski definition) is 1. The van der Waals surface area contributed by atoms with E-state index < -0.39 is 0 Å². The molecule has 2 unspecified atom stereocenters. The van der Waals surface area contributed by atoms with Gasteiger partial charge in [0.2, 0.25) is 0 Å². The van der Waals surface area contributed by atoms with Crippen LogP contribution in [0.15, 0.2) is 18.2 Å². The zero-order valence-electron chi connectivity index (χ0n) is 12.9. The van der Waals surface area contributed by atoms with E-state index in [1.807, 2.05) is 18.2 Å². The molecular weight excluding hydrogens is 250 g/mol. The molecule has 2 atom stereocenters. The summed E-state index contributed by atoms with van der Waals surface area (Å²) in [7, 11) is 1.42. The number of nitrogens with one attached hydrogen (secondary N) is 1. The lowest BCUT2D eigenvalue weighted by atomic mass is 9.80. The Morgan fingerprint density at radius 3 is 2.45 bits per heavy atom. The second-order valence-corrected chi connectivity index (χ2v) is 6.28. The van der Waals surface area contributed by atoms with Crippen LogP contribution in [0.3, 0.4) is 0 Å². The van der Waals surface area contributed by atoms with Crippen LogP contribution in [0.1, 0.15) is 49.0 Å². The predicted molar refractivity (Wildman–Crippen MR) is 82.1 cm³/mol. The molecular formula is C17H25NO2. The van der Waals surface area contributed by atoms with Crippen LogP contribution in [0.25, 0.3) is 0 Å². The highest BCUT2D eigenvalue weighted by Gasteiger charge is 2.24. The van der Waals surface area contributed by atoms with Crippen LogP contribution >= 0.6 is 0 Å². The molecule has 3 nitrogen and oxygen atoms in total. The SMILES string of the molecule is COC(=O)c1ccc(C)c(NC2CC(C)CC(C)C2)c1. The van der Waals surface area contributed by atoms with Crippen molar-refractivity contribution in [1.29, 1.82) is 0 Å². The minimum atomic E-state index is -0.279. The van der Waals surface area contributed by atoms with E-state index in [2.05, 4.69) is 26.1 Å². The summed E-state index contributed by atoms with van der Waals surface area (Å²) >= 11 is 0. The number of carbonyl (C=O) groups excluding carboxylic acids is 1. The Morgan fingerprint density at radius 2 is 1.85 bits per heavy atom. The van der Waals surface area contributed by atoms with E-state index in [1.165, 1.54) is 31.9 Å². The highest BCUT2D eigenvalue weighted by atomic mass is 16.5. The van der Waals surface area contributed by atoms with Gasteiger partial charge in [0.1, 0.15) is 0 Å². The Balaban J connectivity index is 2.13. The number of methoxy groups -OCH3 is 1. The van der Waals surface area contributed by atoms with Crippen LogP contribution in [-0.2, 0) is 4.74 Å². The molecule has 0 aliphatic heterocycles. The van der Waals surface area contributed by atoms with E-state index in [-0.39, 0.29) is 5.97 Å². The molecule has 1 saturated carbocycles. The van der Waals surface area contributed by atoms with Gasteiger partial charge in [-0.15, -0.1) is 0 Å². The van der Waals surface area contributed by atoms with Crippen molar-refractivity contribution in [3.05, 3.63) is 29.3 Å². The van der Waals surface area contributed by atoms with Gasteiger partial charge in [0.05, 0.1) is 12.7 Å². The number of ether oxygens (including phenoxy) is 1. The number of benzene rings is 1. The van der Waals surface area contributed by atoms with Gasteiger partial charge in [-0.1, -0.05) is 19.9 Å². The maximum Gasteiger partial charge on any atom is 0.337 e. The second kappa shape index (κ2) is 6.29. The van der Waals surface area contributed by atoms with Crippen molar-refractivity contribution in [2.45, 2.75) is 46.1 Å². The number of esters is 1. The Labute approximate surface area is 121 Å². The average molecular weight is 275 g/mol. The molecule has 110 valence electrons. The lowest BCUT2D eigenvalue weighted by molar-refractivity contribution is 0.0601. The number of rotatable bonds is 3. The van der Waals surface area contributed by atoms with Crippen molar-refractivity contribution < 1.29 is 9.53 Å².